The zero-order valence-corrected chi connectivity index (χ0v) is 14.0. The maximum atomic E-state index is 12.8. The van der Waals surface area contributed by atoms with Gasteiger partial charge in [0.25, 0.3) is 0 Å². The Bertz CT molecular complexity index is 862. The molecule has 0 aliphatic heterocycles. The molecule has 0 fully saturated rings. The second-order valence-corrected chi connectivity index (χ2v) is 6.77. The van der Waals surface area contributed by atoms with E-state index in [0.717, 1.165) is 10.9 Å². The van der Waals surface area contributed by atoms with Crippen molar-refractivity contribution in [2.24, 2.45) is 5.41 Å². The van der Waals surface area contributed by atoms with Crippen LogP contribution in [0, 0.1) is 12.3 Å². The number of phenols is 1. The standard InChI is InChI=1S/C19H20O4/c1-9-6-12(23-5)7-11-8-13-10(2)17(21)19(3,4)18(22)15(13)16(20)14(9)11/h6-8,10,20H,1-5H3. The summed E-state index contributed by atoms with van der Waals surface area (Å²) in [5.74, 6) is -0.219. The van der Waals surface area contributed by atoms with Crippen LogP contribution in [0.5, 0.6) is 11.5 Å². The molecule has 4 heteroatoms. The number of benzene rings is 2. The number of aryl methyl sites for hydroxylation is 1. The van der Waals surface area contributed by atoms with Crippen molar-refractivity contribution in [3.05, 3.63) is 34.9 Å². The Kier molecular flexibility index (Phi) is 3.25. The van der Waals surface area contributed by atoms with Crippen LogP contribution < -0.4 is 4.74 Å². The van der Waals surface area contributed by atoms with E-state index in [-0.39, 0.29) is 22.9 Å². The van der Waals surface area contributed by atoms with Gasteiger partial charge in [0.1, 0.15) is 11.5 Å². The second kappa shape index (κ2) is 4.82. The average molecular weight is 312 g/mol. The van der Waals surface area contributed by atoms with Crippen molar-refractivity contribution in [3.8, 4) is 11.5 Å². The Labute approximate surface area is 135 Å². The third-order valence-electron chi connectivity index (χ3n) is 4.92. The second-order valence-electron chi connectivity index (χ2n) is 6.77. The number of phenolic OH excluding ortho intramolecular Hbond substituents is 1. The zero-order valence-electron chi connectivity index (χ0n) is 14.0. The fraction of sp³-hybridized carbons (Fsp3) is 0.368. The third kappa shape index (κ3) is 1.97. The van der Waals surface area contributed by atoms with E-state index in [4.69, 9.17) is 4.74 Å². The smallest absolute Gasteiger partial charge is 0.179 e. The molecule has 3 rings (SSSR count). The number of aromatic hydroxyl groups is 1. The number of hydrogen-bond donors (Lipinski definition) is 1. The maximum absolute atomic E-state index is 12.8. The van der Waals surface area contributed by atoms with E-state index in [1.165, 1.54) is 0 Å². The summed E-state index contributed by atoms with van der Waals surface area (Å²) in [7, 11) is 1.58. The van der Waals surface area contributed by atoms with E-state index in [1.807, 2.05) is 25.1 Å². The highest BCUT2D eigenvalue weighted by Crippen LogP contribution is 2.46. The molecule has 0 radical (unpaired) electrons. The first-order valence-corrected chi connectivity index (χ1v) is 7.63. The molecular weight excluding hydrogens is 292 g/mol. The monoisotopic (exact) mass is 312 g/mol. The number of carbonyl (C=O) groups is 2. The van der Waals surface area contributed by atoms with Gasteiger partial charge in [0.2, 0.25) is 0 Å². The fourth-order valence-corrected chi connectivity index (χ4v) is 3.52. The van der Waals surface area contributed by atoms with Crippen LogP contribution in [0.3, 0.4) is 0 Å². The van der Waals surface area contributed by atoms with Gasteiger partial charge >= 0.3 is 0 Å². The summed E-state index contributed by atoms with van der Waals surface area (Å²) in [5.41, 5.74) is 0.590. The highest BCUT2D eigenvalue weighted by molar-refractivity contribution is 6.22. The van der Waals surface area contributed by atoms with E-state index in [9.17, 15) is 14.7 Å². The minimum Gasteiger partial charge on any atom is -0.507 e. The topological polar surface area (TPSA) is 63.6 Å². The third-order valence-corrected chi connectivity index (χ3v) is 4.92. The van der Waals surface area contributed by atoms with Gasteiger partial charge in [-0.15, -0.1) is 0 Å². The molecule has 0 amide bonds. The van der Waals surface area contributed by atoms with Crippen molar-refractivity contribution in [3.63, 3.8) is 0 Å². The summed E-state index contributed by atoms with van der Waals surface area (Å²) >= 11 is 0. The van der Waals surface area contributed by atoms with E-state index in [1.54, 1.807) is 27.9 Å². The van der Waals surface area contributed by atoms with Crippen LogP contribution in [0.1, 0.15) is 48.2 Å². The van der Waals surface area contributed by atoms with Crippen molar-refractivity contribution in [1.82, 2.24) is 0 Å². The molecule has 23 heavy (non-hydrogen) atoms. The van der Waals surface area contributed by atoms with Crippen molar-refractivity contribution >= 4 is 22.3 Å². The minimum absolute atomic E-state index is 0.0323. The lowest BCUT2D eigenvalue weighted by Gasteiger charge is -2.33. The quantitative estimate of drug-likeness (QED) is 0.814. The summed E-state index contributed by atoms with van der Waals surface area (Å²) in [6.45, 7) is 6.90. The first-order valence-electron chi connectivity index (χ1n) is 7.63. The molecule has 0 bridgehead atoms. The van der Waals surface area contributed by atoms with Crippen LogP contribution in [0.25, 0.3) is 10.8 Å². The molecule has 1 N–H and O–H groups in total. The molecule has 0 saturated carbocycles. The van der Waals surface area contributed by atoms with E-state index >= 15 is 0 Å². The lowest BCUT2D eigenvalue weighted by atomic mass is 9.67. The lowest BCUT2D eigenvalue weighted by molar-refractivity contribution is -0.126. The van der Waals surface area contributed by atoms with Crippen molar-refractivity contribution in [2.75, 3.05) is 7.11 Å². The van der Waals surface area contributed by atoms with Gasteiger partial charge in [-0.2, -0.15) is 0 Å². The van der Waals surface area contributed by atoms with Gasteiger partial charge in [-0.05, 0) is 55.5 Å². The number of rotatable bonds is 1. The predicted octanol–water partition coefficient (Wildman–Crippen LogP) is 3.76. The number of methoxy groups -OCH3 is 1. The molecule has 1 aliphatic carbocycles. The summed E-state index contributed by atoms with van der Waals surface area (Å²) < 4.78 is 5.27. The molecule has 120 valence electrons. The average Bonchev–Trinajstić information content (AvgIpc) is 2.50. The molecule has 1 aliphatic rings. The van der Waals surface area contributed by atoms with E-state index in [0.29, 0.717) is 16.7 Å². The number of fused-ring (bicyclic) bond motifs is 2. The number of ether oxygens (including phenoxy) is 1. The van der Waals surface area contributed by atoms with Crippen LogP contribution in [0.15, 0.2) is 18.2 Å². The summed E-state index contributed by atoms with van der Waals surface area (Å²) in [6.07, 6.45) is 0. The van der Waals surface area contributed by atoms with Crippen molar-refractivity contribution < 1.29 is 19.4 Å². The van der Waals surface area contributed by atoms with Crippen LogP contribution in [0.2, 0.25) is 0 Å². The Morgan fingerprint density at radius 3 is 2.43 bits per heavy atom. The molecular formula is C19H20O4. The van der Waals surface area contributed by atoms with Gasteiger partial charge in [0, 0.05) is 11.3 Å². The highest BCUT2D eigenvalue weighted by Gasteiger charge is 2.46. The minimum atomic E-state index is -1.11. The van der Waals surface area contributed by atoms with E-state index in [2.05, 4.69) is 0 Å². The first-order chi connectivity index (χ1) is 10.7. The van der Waals surface area contributed by atoms with Gasteiger partial charge in [-0.1, -0.05) is 6.92 Å². The number of ketones is 2. The predicted molar refractivity (Wildman–Crippen MR) is 88.4 cm³/mol. The van der Waals surface area contributed by atoms with Crippen LogP contribution in [-0.4, -0.2) is 23.8 Å². The highest BCUT2D eigenvalue weighted by atomic mass is 16.5. The molecule has 2 aromatic carbocycles. The van der Waals surface area contributed by atoms with Gasteiger partial charge in [-0.25, -0.2) is 0 Å². The normalized spacial score (nSPS) is 19.8. The van der Waals surface area contributed by atoms with Crippen LogP contribution >= 0.6 is 0 Å². The number of Topliss-reactive ketones (excluding diaryl/α,β-unsaturated/α-hetero) is 2. The molecule has 0 spiro atoms. The molecule has 0 heterocycles. The lowest BCUT2D eigenvalue weighted by Crippen LogP contribution is -2.41. The largest absolute Gasteiger partial charge is 0.507 e. The Morgan fingerprint density at radius 2 is 1.83 bits per heavy atom. The molecule has 1 unspecified atom stereocenters. The van der Waals surface area contributed by atoms with Gasteiger partial charge in [0.05, 0.1) is 18.1 Å². The van der Waals surface area contributed by atoms with Gasteiger partial charge < -0.3 is 9.84 Å². The molecule has 1 atom stereocenters. The van der Waals surface area contributed by atoms with Crippen molar-refractivity contribution in [2.45, 2.75) is 33.6 Å². The molecule has 4 nitrogen and oxygen atoms in total. The summed E-state index contributed by atoms with van der Waals surface area (Å²) in [5, 5.41) is 12.2. The maximum Gasteiger partial charge on any atom is 0.179 e. The van der Waals surface area contributed by atoms with Crippen LogP contribution in [-0.2, 0) is 4.79 Å². The van der Waals surface area contributed by atoms with Crippen LogP contribution in [0.4, 0.5) is 0 Å². The molecule has 2 aromatic rings. The summed E-state index contributed by atoms with van der Waals surface area (Å²) in [6, 6.07) is 5.46. The SMILES string of the molecule is COc1cc(C)c2c(O)c3c(cc2c1)C(C)C(=O)C(C)(C)C3=O. The Balaban J connectivity index is 2.44. The Hall–Kier alpha value is -2.36. The summed E-state index contributed by atoms with van der Waals surface area (Å²) in [4.78, 5) is 25.3. The fourth-order valence-electron chi connectivity index (χ4n) is 3.52. The number of carbonyl (C=O) groups excluding carboxylic acids is 2. The Morgan fingerprint density at radius 1 is 1.17 bits per heavy atom. The van der Waals surface area contributed by atoms with Gasteiger partial charge in [0.15, 0.2) is 11.6 Å². The first kappa shape index (κ1) is 15.5. The molecule has 0 saturated heterocycles. The molecule has 0 aromatic heterocycles. The van der Waals surface area contributed by atoms with E-state index < -0.39 is 11.3 Å². The zero-order chi connectivity index (χ0) is 17.1. The van der Waals surface area contributed by atoms with Gasteiger partial charge in [-0.3, -0.25) is 9.59 Å². The number of hydrogen-bond acceptors (Lipinski definition) is 4. The van der Waals surface area contributed by atoms with Crippen molar-refractivity contribution in [1.29, 1.82) is 0 Å².